The molecule has 3 rings (SSSR count). The molecule has 1 heterocycles. The van der Waals surface area contributed by atoms with Crippen molar-refractivity contribution in [1.29, 1.82) is 0 Å². The summed E-state index contributed by atoms with van der Waals surface area (Å²) in [6.45, 7) is 3.38. The largest absolute Gasteiger partial charge is 0.351 e. The van der Waals surface area contributed by atoms with E-state index < -0.39 is 10.0 Å². The van der Waals surface area contributed by atoms with Crippen LogP contribution in [-0.4, -0.2) is 52.5 Å². The van der Waals surface area contributed by atoms with Crippen LogP contribution in [0.15, 0.2) is 53.4 Å². The van der Waals surface area contributed by atoms with Gasteiger partial charge in [-0.25, -0.2) is 8.42 Å². The molecule has 0 bridgehead atoms. The zero-order valence-corrected chi connectivity index (χ0v) is 18.0. The Balaban J connectivity index is 1.72. The third kappa shape index (κ3) is 5.29. The fourth-order valence-corrected chi connectivity index (χ4v) is 4.81. The number of hydrogen-bond donors (Lipinski definition) is 1. The minimum Gasteiger partial charge on any atom is -0.351 e. The first-order chi connectivity index (χ1) is 13.9. The van der Waals surface area contributed by atoms with Crippen LogP contribution in [0, 0.1) is 0 Å². The minimum absolute atomic E-state index is 0.0226. The molecule has 1 amide bonds. The Morgan fingerprint density at radius 1 is 1.10 bits per heavy atom. The molecule has 1 N–H and O–H groups in total. The van der Waals surface area contributed by atoms with Gasteiger partial charge in [-0.15, -0.1) is 0 Å². The quantitative estimate of drug-likeness (QED) is 0.723. The van der Waals surface area contributed by atoms with Gasteiger partial charge >= 0.3 is 0 Å². The summed E-state index contributed by atoms with van der Waals surface area (Å²) in [4.78, 5) is 14.9. The molecule has 0 aromatic heterocycles. The second-order valence-corrected chi connectivity index (χ2v) is 9.48. The van der Waals surface area contributed by atoms with Gasteiger partial charge in [-0.2, -0.15) is 0 Å². The number of sulfonamides is 1. The second kappa shape index (κ2) is 9.61. The van der Waals surface area contributed by atoms with E-state index in [0.717, 1.165) is 19.6 Å². The molecule has 156 valence electrons. The fraction of sp³-hybridized carbons (Fsp3) is 0.381. The van der Waals surface area contributed by atoms with Crippen LogP contribution in [0.1, 0.15) is 29.6 Å². The first-order valence-electron chi connectivity index (χ1n) is 9.73. The van der Waals surface area contributed by atoms with Gasteiger partial charge < -0.3 is 10.2 Å². The van der Waals surface area contributed by atoms with Crippen LogP contribution >= 0.6 is 11.6 Å². The van der Waals surface area contributed by atoms with Crippen LogP contribution < -0.4 is 9.62 Å². The molecule has 1 aliphatic rings. The number of benzene rings is 2. The molecule has 0 atom stereocenters. The Hall–Kier alpha value is -2.09. The van der Waals surface area contributed by atoms with Crippen molar-refractivity contribution < 1.29 is 13.2 Å². The summed E-state index contributed by atoms with van der Waals surface area (Å²) in [6, 6.07) is 13.0. The van der Waals surface area contributed by atoms with Crippen LogP contribution in [0.5, 0.6) is 0 Å². The van der Waals surface area contributed by atoms with Crippen LogP contribution in [-0.2, 0) is 10.0 Å². The van der Waals surface area contributed by atoms with Crippen molar-refractivity contribution >= 4 is 33.2 Å². The number of nitrogens with zero attached hydrogens (tertiary/aromatic N) is 2. The lowest BCUT2D eigenvalue weighted by Crippen LogP contribution is -2.37. The van der Waals surface area contributed by atoms with Gasteiger partial charge in [-0.05, 0) is 56.3 Å². The Morgan fingerprint density at radius 2 is 1.79 bits per heavy atom. The maximum Gasteiger partial charge on any atom is 0.264 e. The molecule has 1 aliphatic heterocycles. The van der Waals surface area contributed by atoms with Crippen LogP contribution in [0.3, 0.4) is 0 Å². The number of carbonyl (C=O) groups is 1. The number of piperidine rings is 1. The maximum atomic E-state index is 13.0. The number of rotatable bonds is 7. The molecule has 0 unspecified atom stereocenters. The third-order valence-electron chi connectivity index (χ3n) is 5.12. The van der Waals surface area contributed by atoms with E-state index in [2.05, 4.69) is 10.2 Å². The van der Waals surface area contributed by atoms with Gasteiger partial charge in [0.2, 0.25) is 0 Å². The fourth-order valence-electron chi connectivity index (χ4n) is 3.38. The number of hydrogen-bond acceptors (Lipinski definition) is 4. The highest BCUT2D eigenvalue weighted by Gasteiger charge is 2.23. The molecule has 8 heteroatoms. The topological polar surface area (TPSA) is 69.7 Å². The third-order valence-corrected chi connectivity index (χ3v) is 7.23. The first kappa shape index (κ1) is 21.6. The predicted octanol–water partition coefficient (Wildman–Crippen LogP) is 3.38. The van der Waals surface area contributed by atoms with Crippen molar-refractivity contribution in [3.63, 3.8) is 0 Å². The molecule has 1 saturated heterocycles. The average Bonchev–Trinajstić information content (AvgIpc) is 2.74. The van der Waals surface area contributed by atoms with E-state index in [0.29, 0.717) is 12.2 Å². The number of carbonyl (C=O) groups excluding carboxylic acids is 1. The van der Waals surface area contributed by atoms with Crippen molar-refractivity contribution in [2.45, 2.75) is 24.2 Å². The van der Waals surface area contributed by atoms with E-state index in [1.54, 1.807) is 24.3 Å². The van der Waals surface area contributed by atoms with Crippen molar-refractivity contribution in [3.05, 3.63) is 59.1 Å². The van der Waals surface area contributed by atoms with Crippen LogP contribution in [0.25, 0.3) is 0 Å². The highest BCUT2D eigenvalue weighted by Crippen LogP contribution is 2.25. The lowest BCUT2D eigenvalue weighted by molar-refractivity contribution is 0.0946. The number of anilines is 1. The highest BCUT2D eigenvalue weighted by atomic mass is 35.5. The van der Waals surface area contributed by atoms with Crippen molar-refractivity contribution in [3.8, 4) is 0 Å². The van der Waals surface area contributed by atoms with Crippen molar-refractivity contribution in [1.82, 2.24) is 10.2 Å². The van der Waals surface area contributed by atoms with Crippen LogP contribution in [0.4, 0.5) is 5.69 Å². The monoisotopic (exact) mass is 435 g/mol. The Labute approximate surface area is 177 Å². The van der Waals surface area contributed by atoms with E-state index in [1.807, 2.05) is 6.07 Å². The lowest BCUT2D eigenvalue weighted by Gasteiger charge is -2.26. The van der Waals surface area contributed by atoms with Gasteiger partial charge in [0.05, 0.1) is 21.2 Å². The molecule has 2 aromatic carbocycles. The summed E-state index contributed by atoms with van der Waals surface area (Å²) in [5.74, 6) is -0.369. The standard InChI is InChI=1S/C21H26ClN3O3S/c1-24(17-8-4-2-5-9-17)29(27,28)18-10-11-20(22)19(16-18)21(26)23-12-15-25-13-6-3-7-14-25/h2,4-5,8-11,16H,3,6-7,12-15H2,1H3,(H,23,26). The normalized spacial score (nSPS) is 15.1. The van der Waals surface area contributed by atoms with Crippen molar-refractivity contribution in [2.24, 2.45) is 0 Å². The Morgan fingerprint density at radius 3 is 2.48 bits per heavy atom. The average molecular weight is 436 g/mol. The zero-order valence-electron chi connectivity index (χ0n) is 16.5. The first-order valence-corrected chi connectivity index (χ1v) is 11.6. The van der Waals surface area contributed by atoms with Gasteiger partial charge in [0.25, 0.3) is 15.9 Å². The maximum absolute atomic E-state index is 13.0. The van der Waals surface area contributed by atoms with Gasteiger partial charge in [-0.1, -0.05) is 36.2 Å². The summed E-state index contributed by atoms with van der Waals surface area (Å²) in [7, 11) is -2.33. The summed E-state index contributed by atoms with van der Waals surface area (Å²) < 4.78 is 27.2. The van der Waals surface area contributed by atoms with E-state index in [4.69, 9.17) is 11.6 Å². The number of para-hydroxylation sites is 1. The SMILES string of the molecule is CN(c1ccccc1)S(=O)(=O)c1ccc(Cl)c(C(=O)NCCN2CCCCC2)c1. The molecule has 0 saturated carbocycles. The summed E-state index contributed by atoms with van der Waals surface area (Å²) in [5.41, 5.74) is 0.697. The predicted molar refractivity (Wildman–Crippen MR) is 116 cm³/mol. The van der Waals surface area contributed by atoms with E-state index >= 15 is 0 Å². The highest BCUT2D eigenvalue weighted by molar-refractivity contribution is 7.92. The molecule has 1 fully saturated rings. The number of halogens is 1. The summed E-state index contributed by atoms with van der Waals surface area (Å²) in [6.07, 6.45) is 3.64. The molecular weight excluding hydrogens is 410 g/mol. The Kier molecular flexibility index (Phi) is 7.16. The Bertz CT molecular complexity index is 945. The minimum atomic E-state index is -3.82. The van der Waals surface area contributed by atoms with Gasteiger partial charge in [-0.3, -0.25) is 9.10 Å². The molecule has 0 aliphatic carbocycles. The number of amides is 1. The van der Waals surface area contributed by atoms with E-state index in [1.165, 1.54) is 48.8 Å². The van der Waals surface area contributed by atoms with Gasteiger partial charge in [0.15, 0.2) is 0 Å². The lowest BCUT2D eigenvalue weighted by atomic mass is 10.1. The number of likely N-dealkylation sites (tertiary alicyclic amines) is 1. The van der Waals surface area contributed by atoms with E-state index in [9.17, 15) is 13.2 Å². The second-order valence-electron chi connectivity index (χ2n) is 7.11. The molecule has 29 heavy (non-hydrogen) atoms. The molecule has 6 nitrogen and oxygen atoms in total. The van der Waals surface area contributed by atoms with E-state index in [-0.39, 0.29) is 21.4 Å². The molecule has 2 aromatic rings. The van der Waals surface area contributed by atoms with Crippen LogP contribution in [0.2, 0.25) is 5.02 Å². The van der Waals surface area contributed by atoms with Gasteiger partial charge in [0, 0.05) is 20.1 Å². The van der Waals surface area contributed by atoms with Gasteiger partial charge in [0.1, 0.15) is 0 Å². The molecular formula is C21H26ClN3O3S. The summed E-state index contributed by atoms with van der Waals surface area (Å²) >= 11 is 6.19. The molecule has 0 radical (unpaired) electrons. The zero-order chi connectivity index (χ0) is 20.9. The smallest absolute Gasteiger partial charge is 0.264 e. The van der Waals surface area contributed by atoms with Crippen molar-refractivity contribution in [2.75, 3.05) is 37.5 Å². The number of nitrogens with one attached hydrogen (secondary N) is 1. The summed E-state index contributed by atoms with van der Waals surface area (Å²) in [5, 5.41) is 3.08. The molecule has 0 spiro atoms.